The highest BCUT2D eigenvalue weighted by Crippen LogP contribution is 2.10. The third-order valence-electron chi connectivity index (χ3n) is 3.83. The van der Waals surface area contributed by atoms with Crippen LogP contribution < -0.4 is 5.32 Å². The molecule has 2 amide bonds. The monoisotopic (exact) mass is 348 g/mol. The highest BCUT2D eigenvalue weighted by molar-refractivity contribution is 7.09. The number of ether oxygens (including phenoxy) is 1. The smallest absolute Gasteiger partial charge is 0.274 e. The molecule has 2 aromatic heterocycles. The van der Waals surface area contributed by atoms with E-state index in [0.29, 0.717) is 38.5 Å². The number of morpholine rings is 1. The average molecular weight is 348 g/mol. The summed E-state index contributed by atoms with van der Waals surface area (Å²) < 4.78 is 6.82. The van der Waals surface area contributed by atoms with Crippen LogP contribution in [-0.2, 0) is 22.6 Å². The van der Waals surface area contributed by atoms with Crippen molar-refractivity contribution in [1.29, 1.82) is 0 Å². The Hall–Kier alpha value is -2.19. The zero-order chi connectivity index (χ0) is 16.9. The van der Waals surface area contributed by atoms with E-state index in [2.05, 4.69) is 10.4 Å². The summed E-state index contributed by atoms with van der Waals surface area (Å²) in [5.74, 6) is -0.237. The number of carbonyl (C=O) groups is 2. The fourth-order valence-electron chi connectivity index (χ4n) is 2.49. The maximum Gasteiger partial charge on any atom is 0.274 e. The molecule has 3 rings (SSSR count). The van der Waals surface area contributed by atoms with Gasteiger partial charge in [-0.15, -0.1) is 11.3 Å². The number of thiophene rings is 1. The second kappa shape index (κ2) is 7.59. The van der Waals surface area contributed by atoms with Gasteiger partial charge in [0.2, 0.25) is 5.91 Å². The van der Waals surface area contributed by atoms with Crippen molar-refractivity contribution in [3.05, 3.63) is 39.8 Å². The molecule has 1 fully saturated rings. The lowest BCUT2D eigenvalue weighted by Crippen LogP contribution is -2.40. The van der Waals surface area contributed by atoms with Crippen molar-refractivity contribution in [3.63, 3.8) is 0 Å². The number of amides is 2. The summed E-state index contributed by atoms with van der Waals surface area (Å²) in [6, 6.07) is 5.65. The molecule has 8 heteroatoms. The lowest BCUT2D eigenvalue weighted by atomic mass is 10.3. The molecule has 0 atom stereocenters. The Morgan fingerprint density at radius 3 is 2.88 bits per heavy atom. The van der Waals surface area contributed by atoms with Gasteiger partial charge in [-0.1, -0.05) is 6.07 Å². The van der Waals surface area contributed by atoms with Crippen molar-refractivity contribution in [1.82, 2.24) is 20.0 Å². The molecule has 7 nitrogen and oxygen atoms in total. The van der Waals surface area contributed by atoms with Crippen molar-refractivity contribution in [2.24, 2.45) is 0 Å². The van der Waals surface area contributed by atoms with Crippen LogP contribution in [0.15, 0.2) is 23.6 Å². The number of aryl methyl sites for hydroxylation is 1. The van der Waals surface area contributed by atoms with Crippen molar-refractivity contribution in [2.75, 3.05) is 26.3 Å². The first-order valence-electron chi connectivity index (χ1n) is 7.84. The van der Waals surface area contributed by atoms with E-state index in [0.717, 1.165) is 10.6 Å². The van der Waals surface area contributed by atoms with E-state index < -0.39 is 0 Å². The highest BCUT2D eigenvalue weighted by atomic mass is 32.1. The highest BCUT2D eigenvalue weighted by Gasteiger charge is 2.22. The molecule has 1 N–H and O–H groups in total. The van der Waals surface area contributed by atoms with E-state index in [1.807, 2.05) is 24.4 Å². The molecule has 1 aliphatic heterocycles. The van der Waals surface area contributed by atoms with Gasteiger partial charge >= 0.3 is 0 Å². The third-order valence-corrected chi connectivity index (χ3v) is 4.71. The standard InChI is InChI=1S/C16H20N4O3S/c1-12-9-14(16(22)19-4-6-23-7-5-19)18-20(12)11-15(21)17-10-13-3-2-8-24-13/h2-3,8-9H,4-7,10-11H2,1H3,(H,17,21). The van der Waals surface area contributed by atoms with Gasteiger partial charge in [0.1, 0.15) is 6.54 Å². The summed E-state index contributed by atoms with van der Waals surface area (Å²) in [4.78, 5) is 27.3. The summed E-state index contributed by atoms with van der Waals surface area (Å²) in [7, 11) is 0. The van der Waals surface area contributed by atoms with Crippen LogP contribution in [0.3, 0.4) is 0 Å². The fourth-order valence-corrected chi connectivity index (χ4v) is 3.14. The Bertz CT molecular complexity index is 705. The first kappa shape index (κ1) is 16.7. The second-order valence-corrected chi connectivity index (χ2v) is 6.62. The number of rotatable bonds is 5. The predicted octanol–water partition coefficient (Wildman–Crippen LogP) is 1.04. The molecule has 0 spiro atoms. The van der Waals surface area contributed by atoms with Crippen molar-refractivity contribution >= 4 is 23.2 Å². The van der Waals surface area contributed by atoms with Crippen LogP contribution in [-0.4, -0.2) is 52.8 Å². The van der Waals surface area contributed by atoms with E-state index in [1.54, 1.807) is 27.0 Å². The van der Waals surface area contributed by atoms with Crippen LogP contribution in [0.1, 0.15) is 21.1 Å². The Labute approximate surface area is 144 Å². The van der Waals surface area contributed by atoms with Crippen molar-refractivity contribution in [2.45, 2.75) is 20.0 Å². The molecule has 0 unspecified atom stereocenters. The van der Waals surface area contributed by atoms with Gasteiger partial charge in [0.25, 0.3) is 5.91 Å². The number of hydrogen-bond acceptors (Lipinski definition) is 5. The van der Waals surface area contributed by atoms with Gasteiger partial charge in [-0.3, -0.25) is 14.3 Å². The lowest BCUT2D eigenvalue weighted by Gasteiger charge is -2.25. The van der Waals surface area contributed by atoms with Gasteiger partial charge in [-0.2, -0.15) is 5.10 Å². The molecule has 2 aromatic rings. The van der Waals surface area contributed by atoms with Crippen molar-refractivity contribution in [3.8, 4) is 0 Å². The van der Waals surface area contributed by atoms with Gasteiger partial charge in [-0.05, 0) is 24.4 Å². The van der Waals surface area contributed by atoms with Gasteiger partial charge < -0.3 is 15.0 Å². The number of aromatic nitrogens is 2. The summed E-state index contributed by atoms with van der Waals surface area (Å²) in [6.07, 6.45) is 0. The maximum atomic E-state index is 12.4. The first-order valence-corrected chi connectivity index (χ1v) is 8.72. The number of nitrogens with zero attached hydrogens (tertiary/aromatic N) is 3. The topological polar surface area (TPSA) is 76.5 Å². The maximum absolute atomic E-state index is 12.4. The minimum Gasteiger partial charge on any atom is -0.378 e. The zero-order valence-electron chi connectivity index (χ0n) is 13.5. The molecule has 1 aliphatic rings. The summed E-state index contributed by atoms with van der Waals surface area (Å²) in [6.45, 7) is 4.71. The molecule has 3 heterocycles. The van der Waals surface area contributed by atoms with Gasteiger partial charge in [0, 0.05) is 23.7 Å². The largest absolute Gasteiger partial charge is 0.378 e. The van der Waals surface area contributed by atoms with E-state index in [9.17, 15) is 9.59 Å². The minimum absolute atomic E-state index is 0.105. The SMILES string of the molecule is Cc1cc(C(=O)N2CCOCC2)nn1CC(=O)NCc1cccs1. The Balaban J connectivity index is 1.58. The molecule has 128 valence electrons. The van der Waals surface area contributed by atoms with Crippen molar-refractivity contribution < 1.29 is 14.3 Å². The van der Waals surface area contributed by atoms with E-state index in [-0.39, 0.29) is 18.4 Å². The van der Waals surface area contributed by atoms with Crippen LogP contribution in [0.25, 0.3) is 0 Å². The number of hydrogen-bond donors (Lipinski definition) is 1. The summed E-state index contributed by atoms with van der Waals surface area (Å²) >= 11 is 1.60. The van der Waals surface area contributed by atoms with E-state index in [4.69, 9.17) is 4.74 Å². The van der Waals surface area contributed by atoms with Gasteiger partial charge in [0.15, 0.2) is 5.69 Å². The number of nitrogens with one attached hydrogen (secondary N) is 1. The third kappa shape index (κ3) is 4.01. The second-order valence-electron chi connectivity index (χ2n) is 5.59. The zero-order valence-corrected chi connectivity index (χ0v) is 14.3. The molecule has 24 heavy (non-hydrogen) atoms. The van der Waals surface area contributed by atoms with Gasteiger partial charge in [-0.25, -0.2) is 0 Å². The summed E-state index contributed by atoms with van der Waals surface area (Å²) in [5.41, 5.74) is 1.17. The fraction of sp³-hybridized carbons (Fsp3) is 0.438. The van der Waals surface area contributed by atoms with Crippen LogP contribution >= 0.6 is 11.3 Å². The lowest BCUT2D eigenvalue weighted by molar-refractivity contribution is -0.122. The Kier molecular flexibility index (Phi) is 5.27. The summed E-state index contributed by atoms with van der Waals surface area (Å²) in [5, 5.41) is 9.13. The molecular weight excluding hydrogens is 328 g/mol. The molecule has 1 saturated heterocycles. The van der Waals surface area contributed by atoms with Crippen LogP contribution in [0.5, 0.6) is 0 Å². The van der Waals surface area contributed by atoms with Crippen LogP contribution in [0, 0.1) is 6.92 Å². The van der Waals surface area contributed by atoms with E-state index >= 15 is 0 Å². The molecule has 0 radical (unpaired) electrons. The predicted molar refractivity (Wildman–Crippen MR) is 89.9 cm³/mol. The Morgan fingerprint density at radius 2 is 2.17 bits per heavy atom. The van der Waals surface area contributed by atoms with E-state index in [1.165, 1.54) is 0 Å². The molecule has 0 bridgehead atoms. The first-order chi connectivity index (χ1) is 11.6. The Morgan fingerprint density at radius 1 is 1.38 bits per heavy atom. The quantitative estimate of drug-likeness (QED) is 0.876. The average Bonchev–Trinajstić information content (AvgIpc) is 3.23. The minimum atomic E-state index is -0.125. The van der Waals surface area contributed by atoms with Crippen LogP contribution in [0.4, 0.5) is 0 Å². The van der Waals surface area contributed by atoms with Crippen LogP contribution in [0.2, 0.25) is 0 Å². The molecular formula is C16H20N4O3S. The molecule has 0 saturated carbocycles. The van der Waals surface area contributed by atoms with Gasteiger partial charge in [0.05, 0.1) is 19.8 Å². The molecule has 0 aliphatic carbocycles. The number of carbonyl (C=O) groups excluding carboxylic acids is 2. The normalized spacial score (nSPS) is 14.6. The molecule has 0 aromatic carbocycles.